The lowest BCUT2D eigenvalue weighted by molar-refractivity contribution is -0.121. The third-order valence-electron chi connectivity index (χ3n) is 3.57. The minimum Gasteiger partial charge on any atom is -0.355 e. The van der Waals surface area contributed by atoms with Gasteiger partial charge < -0.3 is 5.32 Å². The zero-order chi connectivity index (χ0) is 16.1. The Balaban J connectivity index is 1.50. The first-order chi connectivity index (χ1) is 11.2. The van der Waals surface area contributed by atoms with Crippen LogP contribution >= 0.6 is 11.3 Å². The molecular weight excluding hydrogens is 310 g/mol. The second-order valence-corrected chi connectivity index (χ2v) is 6.15. The van der Waals surface area contributed by atoms with Gasteiger partial charge in [0.1, 0.15) is 11.4 Å². The van der Waals surface area contributed by atoms with E-state index < -0.39 is 0 Å². The molecule has 118 valence electrons. The Morgan fingerprint density at radius 2 is 2.04 bits per heavy atom. The van der Waals surface area contributed by atoms with Crippen LogP contribution in [0.3, 0.4) is 0 Å². The van der Waals surface area contributed by atoms with E-state index in [-0.39, 0.29) is 18.0 Å². The number of carbonyl (C=O) groups is 1. The van der Waals surface area contributed by atoms with E-state index in [1.54, 1.807) is 6.07 Å². The number of benzene rings is 1. The van der Waals surface area contributed by atoms with Crippen LogP contribution in [0.25, 0.3) is 10.2 Å². The van der Waals surface area contributed by atoms with Gasteiger partial charge in [-0.25, -0.2) is 4.98 Å². The summed E-state index contributed by atoms with van der Waals surface area (Å²) in [6, 6.07) is 11.9. The van der Waals surface area contributed by atoms with E-state index in [2.05, 4.69) is 22.4 Å². The second kappa shape index (κ2) is 7.19. The number of aryl methyl sites for hydroxylation is 1. The largest absolute Gasteiger partial charge is 0.355 e. The fourth-order valence-electron chi connectivity index (χ4n) is 2.38. The third kappa shape index (κ3) is 3.84. The summed E-state index contributed by atoms with van der Waals surface area (Å²) in [5, 5.41) is 5.24. The number of nitrogens with zero attached hydrogens (tertiary/aromatic N) is 2. The van der Waals surface area contributed by atoms with Gasteiger partial charge in [-0.2, -0.15) is 0 Å². The van der Waals surface area contributed by atoms with Gasteiger partial charge in [0.15, 0.2) is 0 Å². The van der Waals surface area contributed by atoms with Crippen LogP contribution in [0.5, 0.6) is 0 Å². The molecular formula is C17H17N3O2S. The van der Waals surface area contributed by atoms with E-state index >= 15 is 0 Å². The minimum atomic E-state index is -0.171. The number of hydrogen-bond donors (Lipinski definition) is 1. The first-order valence-corrected chi connectivity index (χ1v) is 8.35. The maximum atomic E-state index is 12.2. The average molecular weight is 327 g/mol. The molecule has 23 heavy (non-hydrogen) atoms. The van der Waals surface area contributed by atoms with Gasteiger partial charge in [0, 0.05) is 6.54 Å². The van der Waals surface area contributed by atoms with Crippen LogP contribution in [0, 0.1) is 0 Å². The molecule has 0 fully saturated rings. The summed E-state index contributed by atoms with van der Waals surface area (Å²) in [5.41, 5.74) is 1.08. The molecule has 1 N–H and O–H groups in total. The monoisotopic (exact) mass is 327 g/mol. The van der Waals surface area contributed by atoms with Crippen LogP contribution in [0.15, 0.2) is 52.9 Å². The summed E-state index contributed by atoms with van der Waals surface area (Å²) >= 11 is 1.42. The second-order valence-electron chi connectivity index (χ2n) is 5.26. The van der Waals surface area contributed by atoms with Crippen molar-refractivity contribution in [1.82, 2.24) is 14.9 Å². The lowest BCUT2D eigenvalue weighted by atomic mass is 10.1. The van der Waals surface area contributed by atoms with Crippen LogP contribution in [-0.4, -0.2) is 22.0 Å². The molecule has 3 rings (SSSR count). The Kier molecular flexibility index (Phi) is 4.83. The van der Waals surface area contributed by atoms with E-state index in [1.807, 2.05) is 23.6 Å². The molecule has 2 heterocycles. The molecule has 2 aromatic heterocycles. The minimum absolute atomic E-state index is 0.00293. The van der Waals surface area contributed by atoms with Crippen LogP contribution in [0.2, 0.25) is 0 Å². The van der Waals surface area contributed by atoms with Gasteiger partial charge in [-0.3, -0.25) is 14.2 Å². The van der Waals surface area contributed by atoms with Gasteiger partial charge in [-0.05, 0) is 29.9 Å². The molecule has 0 saturated heterocycles. The zero-order valence-corrected chi connectivity index (χ0v) is 13.4. The van der Waals surface area contributed by atoms with Crippen molar-refractivity contribution in [3.05, 3.63) is 64.0 Å². The van der Waals surface area contributed by atoms with Gasteiger partial charge in [-0.15, -0.1) is 11.3 Å². The van der Waals surface area contributed by atoms with Gasteiger partial charge >= 0.3 is 0 Å². The molecule has 0 radical (unpaired) electrons. The summed E-state index contributed by atoms with van der Waals surface area (Å²) in [5.74, 6) is -0.170. The molecule has 0 aliphatic carbocycles. The van der Waals surface area contributed by atoms with Gasteiger partial charge in [0.25, 0.3) is 5.56 Å². The van der Waals surface area contributed by atoms with E-state index in [1.165, 1.54) is 27.8 Å². The highest BCUT2D eigenvalue weighted by Crippen LogP contribution is 2.13. The highest BCUT2D eigenvalue weighted by molar-refractivity contribution is 7.16. The normalized spacial score (nSPS) is 10.8. The summed E-state index contributed by atoms with van der Waals surface area (Å²) in [4.78, 5) is 29.0. The van der Waals surface area contributed by atoms with E-state index in [0.29, 0.717) is 16.8 Å². The van der Waals surface area contributed by atoms with Crippen molar-refractivity contribution in [1.29, 1.82) is 0 Å². The molecule has 0 unspecified atom stereocenters. The fourth-order valence-corrected chi connectivity index (χ4v) is 3.10. The van der Waals surface area contributed by atoms with Crippen molar-refractivity contribution >= 4 is 27.5 Å². The highest BCUT2D eigenvalue weighted by Gasteiger charge is 2.08. The van der Waals surface area contributed by atoms with Crippen molar-refractivity contribution in [2.75, 3.05) is 6.54 Å². The number of carbonyl (C=O) groups excluding carboxylic acids is 1. The maximum Gasteiger partial charge on any atom is 0.262 e. The van der Waals surface area contributed by atoms with Gasteiger partial charge in [0.2, 0.25) is 5.91 Å². The first-order valence-electron chi connectivity index (χ1n) is 7.47. The Morgan fingerprint density at radius 3 is 2.87 bits per heavy atom. The van der Waals surface area contributed by atoms with Crippen molar-refractivity contribution < 1.29 is 4.79 Å². The molecule has 3 aromatic rings. The molecule has 5 nitrogen and oxygen atoms in total. The number of hydrogen-bond acceptors (Lipinski definition) is 4. The number of nitrogens with one attached hydrogen (secondary N) is 1. The topological polar surface area (TPSA) is 64.0 Å². The molecule has 0 saturated carbocycles. The van der Waals surface area contributed by atoms with Gasteiger partial charge in [0.05, 0.1) is 11.7 Å². The predicted molar refractivity (Wildman–Crippen MR) is 91.7 cm³/mol. The Labute approximate surface area is 137 Å². The quantitative estimate of drug-likeness (QED) is 0.706. The average Bonchev–Trinajstić information content (AvgIpc) is 3.05. The van der Waals surface area contributed by atoms with Crippen molar-refractivity contribution in [2.45, 2.75) is 19.4 Å². The van der Waals surface area contributed by atoms with Crippen molar-refractivity contribution in [3.63, 3.8) is 0 Å². The van der Waals surface area contributed by atoms with E-state index in [4.69, 9.17) is 0 Å². The summed E-state index contributed by atoms with van der Waals surface area (Å²) in [7, 11) is 0. The molecule has 0 bridgehead atoms. The number of fused-ring (bicyclic) bond motifs is 1. The van der Waals surface area contributed by atoms with Crippen molar-refractivity contribution in [3.8, 4) is 0 Å². The van der Waals surface area contributed by atoms with Crippen LogP contribution in [0.1, 0.15) is 12.0 Å². The molecule has 0 spiro atoms. The van der Waals surface area contributed by atoms with Crippen LogP contribution in [0.4, 0.5) is 0 Å². The van der Waals surface area contributed by atoms with E-state index in [0.717, 1.165) is 12.8 Å². The first kappa shape index (κ1) is 15.4. The Hall–Kier alpha value is -2.47. The molecule has 0 aliphatic heterocycles. The molecule has 0 atom stereocenters. The standard InChI is InChI=1S/C17H17N3O2S/c21-15(18-9-4-7-13-5-2-1-3-6-13)11-20-12-19-16-14(17(20)22)8-10-23-16/h1-3,5-6,8,10,12H,4,7,9,11H2,(H,18,21). The van der Waals surface area contributed by atoms with Crippen LogP contribution in [-0.2, 0) is 17.8 Å². The Bertz CT molecular complexity index is 855. The van der Waals surface area contributed by atoms with Gasteiger partial charge in [-0.1, -0.05) is 30.3 Å². The molecule has 0 aliphatic rings. The lowest BCUT2D eigenvalue weighted by Gasteiger charge is -2.07. The molecule has 1 amide bonds. The number of aromatic nitrogens is 2. The maximum absolute atomic E-state index is 12.2. The molecule has 1 aromatic carbocycles. The molecule has 6 heteroatoms. The van der Waals surface area contributed by atoms with E-state index in [9.17, 15) is 9.59 Å². The SMILES string of the molecule is O=C(Cn1cnc2sccc2c1=O)NCCCc1ccccc1. The summed E-state index contributed by atoms with van der Waals surface area (Å²) in [6.45, 7) is 0.597. The van der Waals surface area contributed by atoms with Crippen molar-refractivity contribution in [2.24, 2.45) is 0 Å². The predicted octanol–water partition coefficient (Wildman–Crippen LogP) is 2.21. The Morgan fingerprint density at radius 1 is 1.22 bits per heavy atom. The number of thiophene rings is 1. The number of rotatable bonds is 6. The lowest BCUT2D eigenvalue weighted by Crippen LogP contribution is -2.33. The summed E-state index contributed by atoms with van der Waals surface area (Å²) < 4.78 is 1.35. The van der Waals surface area contributed by atoms with Crippen LogP contribution < -0.4 is 10.9 Å². The highest BCUT2D eigenvalue weighted by atomic mass is 32.1. The summed E-state index contributed by atoms with van der Waals surface area (Å²) in [6.07, 6.45) is 3.22. The third-order valence-corrected chi connectivity index (χ3v) is 4.39. The fraction of sp³-hybridized carbons (Fsp3) is 0.235. The number of amides is 1. The smallest absolute Gasteiger partial charge is 0.262 e. The zero-order valence-electron chi connectivity index (χ0n) is 12.6.